The summed E-state index contributed by atoms with van der Waals surface area (Å²) >= 11 is 0. The van der Waals surface area contributed by atoms with Gasteiger partial charge in [0.15, 0.2) is 5.69 Å². The highest BCUT2D eigenvalue weighted by atomic mass is 16.1. The van der Waals surface area contributed by atoms with E-state index in [-0.39, 0.29) is 5.91 Å². The highest BCUT2D eigenvalue weighted by Gasteiger charge is 2.12. The van der Waals surface area contributed by atoms with E-state index in [4.69, 9.17) is 0 Å². The molecule has 60 valence electrons. The van der Waals surface area contributed by atoms with Gasteiger partial charge in [-0.3, -0.25) is 4.79 Å². The molecule has 1 aromatic heterocycles. The molecule has 5 heteroatoms. The van der Waals surface area contributed by atoms with Gasteiger partial charge >= 0.3 is 0 Å². The summed E-state index contributed by atoms with van der Waals surface area (Å²) < 4.78 is 0. The van der Waals surface area contributed by atoms with E-state index in [9.17, 15) is 4.79 Å². The summed E-state index contributed by atoms with van der Waals surface area (Å²) in [7, 11) is 0. The van der Waals surface area contributed by atoms with Crippen molar-refractivity contribution in [3.63, 3.8) is 0 Å². The molecule has 0 fully saturated rings. The minimum absolute atomic E-state index is 0.228. The van der Waals surface area contributed by atoms with Crippen LogP contribution in [0.3, 0.4) is 0 Å². The van der Waals surface area contributed by atoms with Crippen molar-refractivity contribution in [1.29, 1.82) is 0 Å². The maximum atomic E-state index is 11.2. The Labute approximate surface area is 68.5 Å². The molecule has 2 heterocycles. The Morgan fingerprint density at radius 3 is 3.00 bits per heavy atom. The summed E-state index contributed by atoms with van der Waals surface area (Å²) in [5.41, 5.74) is 0.971. The standard InChI is InChI=1S/C7H6N4O/c12-7-6-5(3-8-4-11-6)9-1-2-10-7/h1-4,9H,(H,10,12). The van der Waals surface area contributed by atoms with E-state index in [1.807, 2.05) is 0 Å². The summed E-state index contributed by atoms with van der Waals surface area (Å²) in [4.78, 5) is 18.8. The third kappa shape index (κ3) is 1.01. The predicted molar refractivity (Wildman–Crippen MR) is 42.3 cm³/mol. The molecule has 1 aromatic rings. The van der Waals surface area contributed by atoms with Crippen LogP contribution in [0.25, 0.3) is 0 Å². The van der Waals surface area contributed by atoms with Gasteiger partial charge in [0.2, 0.25) is 0 Å². The number of nitrogens with zero attached hydrogens (tertiary/aromatic N) is 2. The SMILES string of the molecule is O=C1NC=CNc2cncnc21. The van der Waals surface area contributed by atoms with Crippen LogP contribution in [0.15, 0.2) is 24.9 Å². The molecule has 0 bridgehead atoms. The molecule has 2 N–H and O–H groups in total. The smallest absolute Gasteiger partial charge is 0.276 e. The summed E-state index contributed by atoms with van der Waals surface area (Å²) in [6, 6.07) is 0. The maximum Gasteiger partial charge on any atom is 0.276 e. The van der Waals surface area contributed by atoms with Crippen molar-refractivity contribution in [2.24, 2.45) is 0 Å². The Morgan fingerprint density at radius 1 is 1.25 bits per heavy atom. The Kier molecular flexibility index (Phi) is 1.48. The second-order valence-electron chi connectivity index (χ2n) is 2.24. The third-order valence-electron chi connectivity index (χ3n) is 1.46. The van der Waals surface area contributed by atoms with Crippen LogP contribution < -0.4 is 10.6 Å². The molecule has 2 rings (SSSR count). The Bertz CT molecular complexity index is 347. The molecular formula is C7H6N4O. The monoisotopic (exact) mass is 162 g/mol. The summed E-state index contributed by atoms with van der Waals surface area (Å²) in [5.74, 6) is -0.228. The van der Waals surface area contributed by atoms with Gasteiger partial charge in [-0.05, 0) is 0 Å². The molecule has 5 nitrogen and oxygen atoms in total. The fourth-order valence-corrected chi connectivity index (χ4v) is 0.933. The van der Waals surface area contributed by atoms with Crippen molar-refractivity contribution in [1.82, 2.24) is 15.3 Å². The zero-order valence-electron chi connectivity index (χ0n) is 6.11. The molecule has 0 spiro atoms. The molecule has 1 aliphatic heterocycles. The number of hydrogen-bond donors (Lipinski definition) is 2. The number of hydrogen-bond acceptors (Lipinski definition) is 4. The average Bonchev–Trinajstić information content (AvgIpc) is 2.29. The number of amides is 1. The van der Waals surface area contributed by atoms with E-state index in [0.717, 1.165) is 0 Å². The molecule has 0 aromatic carbocycles. The number of aromatic nitrogens is 2. The topological polar surface area (TPSA) is 66.9 Å². The number of fused-ring (bicyclic) bond motifs is 1. The van der Waals surface area contributed by atoms with Gasteiger partial charge in [-0.25, -0.2) is 9.97 Å². The number of rotatable bonds is 0. The summed E-state index contributed by atoms with van der Waals surface area (Å²) in [6.45, 7) is 0. The van der Waals surface area contributed by atoms with Crippen LogP contribution in [-0.4, -0.2) is 15.9 Å². The van der Waals surface area contributed by atoms with Crippen LogP contribution in [0.2, 0.25) is 0 Å². The second kappa shape index (κ2) is 2.61. The molecule has 0 saturated carbocycles. The molecule has 1 aliphatic rings. The first kappa shape index (κ1) is 6.78. The maximum absolute atomic E-state index is 11.2. The molecule has 0 radical (unpaired) electrons. The van der Waals surface area contributed by atoms with Crippen LogP contribution in [-0.2, 0) is 0 Å². The molecule has 12 heavy (non-hydrogen) atoms. The molecule has 1 amide bonds. The number of carbonyl (C=O) groups is 1. The van der Waals surface area contributed by atoms with Gasteiger partial charge < -0.3 is 10.6 Å². The van der Waals surface area contributed by atoms with Gasteiger partial charge in [0.1, 0.15) is 6.33 Å². The van der Waals surface area contributed by atoms with Gasteiger partial charge in [-0.2, -0.15) is 0 Å². The number of anilines is 1. The molecule has 0 atom stereocenters. The van der Waals surface area contributed by atoms with Gasteiger partial charge in [0, 0.05) is 12.4 Å². The van der Waals surface area contributed by atoms with Gasteiger partial charge in [0.05, 0.1) is 11.9 Å². The van der Waals surface area contributed by atoms with Crippen LogP contribution in [0, 0.1) is 0 Å². The van der Waals surface area contributed by atoms with Crippen LogP contribution in [0.1, 0.15) is 10.5 Å². The first-order chi connectivity index (χ1) is 5.88. The van der Waals surface area contributed by atoms with E-state index in [0.29, 0.717) is 11.4 Å². The zero-order valence-corrected chi connectivity index (χ0v) is 6.11. The van der Waals surface area contributed by atoms with Crippen molar-refractivity contribution >= 4 is 11.6 Å². The number of carbonyl (C=O) groups excluding carboxylic acids is 1. The molecule has 0 unspecified atom stereocenters. The largest absolute Gasteiger partial charge is 0.357 e. The predicted octanol–water partition coefficient (Wildman–Crippen LogP) is 0.103. The summed E-state index contributed by atoms with van der Waals surface area (Å²) in [6.07, 6.45) is 6.03. The van der Waals surface area contributed by atoms with E-state index in [1.54, 1.807) is 12.4 Å². The third-order valence-corrected chi connectivity index (χ3v) is 1.46. The van der Waals surface area contributed by atoms with Gasteiger partial charge in [-0.15, -0.1) is 0 Å². The normalized spacial score (nSPS) is 14.2. The number of nitrogens with one attached hydrogen (secondary N) is 2. The van der Waals surface area contributed by atoms with Crippen LogP contribution in [0.4, 0.5) is 5.69 Å². The van der Waals surface area contributed by atoms with Crippen molar-refractivity contribution in [3.8, 4) is 0 Å². The Balaban J connectivity index is 2.52. The fourth-order valence-electron chi connectivity index (χ4n) is 0.933. The molecular weight excluding hydrogens is 156 g/mol. The fraction of sp³-hybridized carbons (Fsp3) is 0. The minimum atomic E-state index is -0.228. The van der Waals surface area contributed by atoms with Gasteiger partial charge in [-0.1, -0.05) is 0 Å². The van der Waals surface area contributed by atoms with E-state index in [2.05, 4.69) is 20.6 Å². The first-order valence-corrected chi connectivity index (χ1v) is 3.40. The first-order valence-electron chi connectivity index (χ1n) is 3.40. The van der Waals surface area contributed by atoms with Crippen molar-refractivity contribution in [2.45, 2.75) is 0 Å². The second-order valence-corrected chi connectivity index (χ2v) is 2.24. The Morgan fingerprint density at radius 2 is 2.08 bits per heavy atom. The highest BCUT2D eigenvalue weighted by Crippen LogP contribution is 2.11. The lowest BCUT2D eigenvalue weighted by molar-refractivity contribution is 0.0966. The lowest BCUT2D eigenvalue weighted by atomic mass is 10.3. The van der Waals surface area contributed by atoms with Gasteiger partial charge in [0.25, 0.3) is 5.91 Å². The van der Waals surface area contributed by atoms with Crippen molar-refractivity contribution < 1.29 is 4.79 Å². The van der Waals surface area contributed by atoms with Crippen LogP contribution in [0.5, 0.6) is 0 Å². The quantitative estimate of drug-likeness (QED) is 0.568. The molecule has 0 saturated heterocycles. The minimum Gasteiger partial charge on any atom is -0.357 e. The average molecular weight is 162 g/mol. The summed E-state index contributed by atoms with van der Waals surface area (Å²) in [5, 5.41) is 5.40. The lowest BCUT2D eigenvalue weighted by Crippen LogP contribution is -2.17. The zero-order chi connectivity index (χ0) is 8.39. The van der Waals surface area contributed by atoms with E-state index >= 15 is 0 Å². The lowest BCUT2D eigenvalue weighted by Gasteiger charge is -2.00. The van der Waals surface area contributed by atoms with Crippen molar-refractivity contribution in [2.75, 3.05) is 5.32 Å². The van der Waals surface area contributed by atoms with E-state index in [1.165, 1.54) is 12.5 Å². The highest BCUT2D eigenvalue weighted by molar-refractivity contribution is 5.98. The van der Waals surface area contributed by atoms with Crippen LogP contribution >= 0.6 is 0 Å². The van der Waals surface area contributed by atoms with Crippen molar-refractivity contribution in [3.05, 3.63) is 30.6 Å². The Hall–Kier alpha value is -1.91. The molecule has 0 aliphatic carbocycles. The van der Waals surface area contributed by atoms with E-state index < -0.39 is 0 Å².